The molecular weight excluding hydrogens is 416 g/mol. The number of para-hydroxylation sites is 2. The van der Waals surface area contributed by atoms with Gasteiger partial charge in [0.2, 0.25) is 5.91 Å². The third-order valence-corrected chi connectivity index (χ3v) is 5.73. The van der Waals surface area contributed by atoms with Gasteiger partial charge in [-0.15, -0.1) is 0 Å². The molecule has 0 bridgehead atoms. The van der Waals surface area contributed by atoms with Crippen LogP contribution in [0, 0.1) is 0 Å². The number of halogens is 1. The van der Waals surface area contributed by atoms with E-state index in [1.165, 1.54) is 23.8 Å². The number of carbonyl (C=O) groups is 2. The largest absolute Gasteiger partial charge is 0.495 e. The lowest BCUT2D eigenvalue weighted by Crippen LogP contribution is -2.31. The Hall–Kier alpha value is -2.35. The maximum Gasteiger partial charge on any atom is 0.266 e. The van der Waals surface area contributed by atoms with E-state index in [-0.39, 0.29) is 24.8 Å². The Bertz CT molecular complexity index is 962. The first-order valence-electron chi connectivity index (χ1n) is 8.42. The average molecular weight is 433 g/mol. The van der Waals surface area contributed by atoms with Crippen LogP contribution in [0.25, 0.3) is 6.08 Å². The molecule has 0 saturated carbocycles. The molecule has 1 saturated heterocycles. The zero-order chi connectivity index (χ0) is 20.1. The summed E-state index contributed by atoms with van der Waals surface area (Å²) in [6.07, 6.45) is 1.83. The molecule has 1 aliphatic heterocycles. The molecular formula is C20H17ClN2O3S2. The van der Waals surface area contributed by atoms with Crippen LogP contribution in [0.4, 0.5) is 5.69 Å². The van der Waals surface area contributed by atoms with Crippen LogP contribution < -0.4 is 10.1 Å². The van der Waals surface area contributed by atoms with Crippen molar-refractivity contribution in [3.63, 3.8) is 0 Å². The number of methoxy groups -OCH3 is 1. The Morgan fingerprint density at radius 3 is 2.71 bits per heavy atom. The van der Waals surface area contributed by atoms with Crippen LogP contribution in [0.3, 0.4) is 0 Å². The van der Waals surface area contributed by atoms with Crippen LogP contribution in [-0.4, -0.2) is 34.7 Å². The van der Waals surface area contributed by atoms with Gasteiger partial charge in [0, 0.05) is 18.0 Å². The number of rotatable bonds is 6. The first-order valence-corrected chi connectivity index (χ1v) is 10.0. The summed E-state index contributed by atoms with van der Waals surface area (Å²) < 4.78 is 5.64. The van der Waals surface area contributed by atoms with E-state index in [0.29, 0.717) is 25.7 Å². The second-order valence-corrected chi connectivity index (χ2v) is 7.94. The third kappa shape index (κ3) is 4.73. The lowest BCUT2D eigenvalue weighted by molar-refractivity contribution is -0.122. The summed E-state index contributed by atoms with van der Waals surface area (Å²) in [6, 6.07) is 14.4. The van der Waals surface area contributed by atoms with Crippen molar-refractivity contribution in [2.45, 2.75) is 6.42 Å². The highest BCUT2D eigenvalue weighted by atomic mass is 35.5. The Balaban J connectivity index is 1.63. The molecule has 28 heavy (non-hydrogen) atoms. The Morgan fingerprint density at radius 2 is 1.96 bits per heavy atom. The molecule has 1 heterocycles. The highest BCUT2D eigenvalue weighted by Gasteiger charge is 2.32. The number of hydrogen-bond acceptors (Lipinski definition) is 5. The van der Waals surface area contributed by atoms with Crippen molar-refractivity contribution in [2.24, 2.45) is 0 Å². The molecule has 0 spiro atoms. The second kappa shape index (κ2) is 9.23. The van der Waals surface area contributed by atoms with Crippen LogP contribution in [-0.2, 0) is 9.59 Å². The van der Waals surface area contributed by atoms with Crippen LogP contribution in [0.1, 0.15) is 12.0 Å². The van der Waals surface area contributed by atoms with Crippen molar-refractivity contribution in [3.05, 3.63) is 64.0 Å². The summed E-state index contributed by atoms with van der Waals surface area (Å²) in [7, 11) is 1.54. The normalized spacial score (nSPS) is 15.2. The number of nitrogens with one attached hydrogen (secondary N) is 1. The second-order valence-electron chi connectivity index (χ2n) is 5.85. The molecule has 3 rings (SSSR count). The van der Waals surface area contributed by atoms with Gasteiger partial charge in [0.1, 0.15) is 10.1 Å². The third-order valence-electron chi connectivity index (χ3n) is 4.01. The van der Waals surface area contributed by atoms with Gasteiger partial charge in [-0.2, -0.15) is 0 Å². The molecule has 144 valence electrons. The minimum absolute atomic E-state index is 0.115. The van der Waals surface area contributed by atoms with Crippen LogP contribution in [0.5, 0.6) is 5.75 Å². The number of nitrogens with zero attached hydrogens (tertiary/aromatic N) is 1. The maximum absolute atomic E-state index is 12.7. The van der Waals surface area contributed by atoms with E-state index in [0.717, 1.165) is 5.56 Å². The maximum atomic E-state index is 12.7. The predicted molar refractivity (Wildman–Crippen MR) is 118 cm³/mol. The standard InChI is InChI=1S/C20H17ClN2O3S2/c1-26-16-9-5-4-8-15(16)22-18(24)10-11-23-19(25)17(28-20(23)27)12-13-6-2-3-7-14(13)21/h2-9,12H,10-11H2,1H3,(H,22,24)/b17-12+. The van der Waals surface area contributed by atoms with E-state index in [2.05, 4.69) is 5.32 Å². The lowest BCUT2D eigenvalue weighted by atomic mass is 10.2. The Kier molecular flexibility index (Phi) is 6.72. The molecule has 2 aromatic rings. The van der Waals surface area contributed by atoms with Crippen molar-refractivity contribution < 1.29 is 14.3 Å². The SMILES string of the molecule is COc1ccccc1NC(=O)CCN1C(=O)/C(=C\c2ccccc2Cl)SC1=S. The molecule has 0 radical (unpaired) electrons. The number of carbonyl (C=O) groups excluding carboxylic acids is 2. The number of benzene rings is 2. The summed E-state index contributed by atoms with van der Waals surface area (Å²) in [5.41, 5.74) is 1.33. The topological polar surface area (TPSA) is 58.6 Å². The number of ether oxygens (including phenoxy) is 1. The molecule has 8 heteroatoms. The van der Waals surface area contributed by atoms with Crippen molar-refractivity contribution in [1.29, 1.82) is 0 Å². The lowest BCUT2D eigenvalue weighted by Gasteiger charge is -2.15. The first-order chi connectivity index (χ1) is 13.5. The van der Waals surface area contributed by atoms with Crippen LogP contribution in [0.15, 0.2) is 53.4 Å². The minimum atomic E-state index is -0.228. The molecule has 1 N–H and O–H groups in total. The fourth-order valence-electron chi connectivity index (χ4n) is 2.60. The molecule has 2 aromatic carbocycles. The monoisotopic (exact) mass is 432 g/mol. The fraction of sp³-hybridized carbons (Fsp3) is 0.150. The van der Waals surface area contributed by atoms with Gasteiger partial charge in [0.15, 0.2) is 0 Å². The van der Waals surface area contributed by atoms with Gasteiger partial charge >= 0.3 is 0 Å². The number of hydrogen-bond donors (Lipinski definition) is 1. The van der Waals surface area contributed by atoms with E-state index in [9.17, 15) is 9.59 Å². The summed E-state index contributed by atoms with van der Waals surface area (Å²) in [4.78, 5) is 26.9. The number of thiocarbonyl (C=S) groups is 1. The van der Waals surface area contributed by atoms with Crippen molar-refractivity contribution in [3.8, 4) is 5.75 Å². The van der Waals surface area contributed by atoms with Gasteiger partial charge in [-0.3, -0.25) is 14.5 Å². The van der Waals surface area contributed by atoms with Gasteiger partial charge in [-0.05, 0) is 29.8 Å². The predicted octanol–water partition coefficient (Wildman–Crippen LogP) is 4.58. The van der Waals surface area contributed by atoms with E-state index in [4.69, 9.17) is 28.6 Å². The van der Waals surface area contributed by atoms with Crippen molar-refractivity contribution in [1.82, 2.24) is 4.90 Å². The first kappa shape index (κ1) is 20.4. The number of amides is 2. The smallest absolute Gasteiger partial charge is 0.266 e. The molecule has 0 aromatic heterocycles. The highest BCUT2D eigenvalue weighted by molar-refractivity contribution is 8.26. The Morgan fingerprint density at radius 1 is 1.25 bits per heavy atom. The zero-order valence-corrected chi connectivity index (χ0v) is 17.4. The van der Waals surface area contributed by atoms with Gasteiger partial charge in [-0.25, -0.2) is 0 Å². The Labute approximate surface area is 177 Å². The quantitative estimate of drug-likeness (QED) is 0.535. The number of anilines is 1. The minimum Gasteiger partial charge on any atom is -0.495 e. The summed E-state index contributed by atoms with van der Waals surface area (Å²) in [5, 5.41) is 3.35. The van der Waals surface area contributed by atoms with Gasteiger partial charge in [0.05, 0.1) is 17.7 Å². The molecule has 1 fully saturated rings. The van der Waals surface area contributed by atoms with Gasteiger partial charge < -0.3 is 10.1 Å². The number of thioether (sulfide) groups is 1. The van der Waals surface area contributed by atoms with E-state index in [1.54, 1.807) is 30.3 Å². The van der Waals surface area contributed by atoms with E-state index >= 15 is 0 Å². The molecule has 0 aliphatic carbocycles. The van der Waals surface area contributed by atoms with Crippen LogP contribution >= 0.6 is 35.6 Å². The van der Waals surface area contributed by atoms with E-state index < -0.39 is 0 Å². The summed E-state index contributed by atoms with van der Waals surface area (Å²) in [5.74, 6) is 0.123. The van der Waals surface area contributed by atoms with Crippen molar-refractivity contribution >= 4 is 63.5 Å². The average Bonchev–Trinajstić information content (AvgIpc) is 2.95. The summed E-state index contributed by atoms with van der Waals surface area (Å²) >= 11 is 12.7. The van der Waals surface area contributed by atoms with E-state index in [1.807, 2.05) is 24.3 Å². The summed E-state index contributed by atoms with van der Waals surface area (Å²) in [6.45, 7) is 0.200. The molecule has 5 nitrogen and oxygen atoms in total. The zero-order valence-electron chi connectivity index (χ0n) is 15.0. The molecule has 1 aliphatic rings. The van der Waals surface area contributed by atoms with Gasteiger partial charge in [-0.1, -0.05) is 65.9 Å². The van der Waals surface area contributed by atoms with Crippen molar-refractivity contribution in [2.75, 3.05) is 19.0 Å². The molecule has 0 atom stereocenters. The van der Waals surface area contributed by atoms with Gasteiger partial charge in [0.25, 0.3) is 5.91 Å². The fourth-order valence-corrected chi connectivity index (χ4v) is 4.09. The highest BCUT2D eigenvalue weighted by Crippen LogP contribution is 2.33. The molecule has 0 unspecified atom stereocenters. The van der Waals surface area contributed by atoms with Crippen LogP contribution in [0.2, 0.25) is 5.02 Å². The molecule has 2 amide bonds.